The summed E-state index contributed by atoms with van der Waals surface area (Å²) in [5.41, 5.74) is 2.68. The second kappa shape index (κ2) is 6.65. The number of carbonyl (C=O) groups is 2. The largest absolute Gasteiger partial charge is 0.326 e. The molecule has 0 saturated carbocycles. The van der Waals surface area contributed by atoms with Gasteiger partial charge >= 0.3 is 0 Å². The maximum Gasteiger partial charge on any atom is 0.238 e. The number of hydrogen-bond acceptors (Lipinski definition) is 3. The Morgan fingerprint density at radius 2 is 2.08 bits per heavy atom. The van der Waals surface area contributed by atoms with Crippen LogP contribution in [0, 0.1) is 12.7 Å². The number of nitrogens with zero attached hydrogens (tertiary/aromatic N) is 1. The van der Waals surface area contributed by atoms with Crippen LogP contribution in [0.5, 0.6) is 0 Å². The molecule has 1 saturated heterocycles. The SMILES string of the molecule is CC(=O)Nc1cccc(C2SCC(=O)N2c2cc(C)ccc2F)c1. The topological polar surface area (TPSA) is 49.4 Å². The van der Waals surface area contributed by atoms with E-state index in [-0.39, 0.29) is 17.2 Å². The van der Waals surface area contributed by atoms with E-state index in [0.29, 0.717) is 17.1 Å². The highest BCUT2D eigenvalue weighted by Gasteiger charge is 2.35. The van der Waals surface area contributed by atoms with Gasteiger partial charge in [-0.3, -0.25) is 14.5 Å². The lowest BCUT2D eigenvalue weighted by Crippen LogP contribution is -2.28. The Bertz CT molecular complexity index is 809. The third-order valence-electron chi connectivity index (χ3n) is 3.72. The molecule has 2 aromatic carbocycles. The first-order valence-corrected chi connectivity index (χ1v) is 8.58. The van der Waals surface area contributed by atoms with Crippen LogP contribution < -0.4 is 10.2 Å². The molecule has 3 rings (SSSR count). The highest BCUT2D eigenvalue weighted by atomic mass is 32.2. The molecule has 1 heterocycles. The molecule has 0 aliphatic carbocycles. The highest BCUT2D eigenvalue weighted by molar-refractivity contribution is 8.00. The summed E-state index contributed by atoms with van der Waals surface area (Å²) in [6.07, 6.45) is 0. The minimum atomic E-state index is -0.417. The maximum atomic E-state index is 14.3. The third-order valence-corrected chi connectivity index (χ3v) is 4.93. The number of halogens is 1. The number of thioether (sulfide) groups is 1. The van der Waals surface area contributed by atoms with Crippen LogP contribution >= 0.6 is 11.8 Å². The number of rotatable bonds is 3. The number of nitrogens with one attached hydrogen (secondary N) is 1. The fraction of sp³-hybridized carbons (Fsp3) is 0.222. The monoisotopic (exact) mass is 344 g/mol. The molecule has 0 radical (unpaired) electrons. The van der Waals surface area contributed by atoms with Gasteiger partial charge in [-0.05, 0) is 42.3 Å². The van der Waals surface area contributed by atoms with Crippen molar-refractivity contribution in [3.05, 3.63) is 59.4 Å². The predicted octanol–water partition coefficient (Wildman–Crippen LogP) is 3.87. The fourth-order valence-corrected chi connectivity index (χ4v) is 3.87. The molecule has 1 aliphatic rings. The van der Waals surface area contributed by atoms with Gasteiger partial charge in [-0.25, -0.2) is 4.39 Å². The smallest absolute Gasteiger partial charge is 0.238 e. The van der Waals surface area contributed by atoms with E-state index in [1.54, 1.807) is 18.2 Å². The van der Waals surface area contributed by atoms with Crippen LogP contribution in [-0.2, 0) is 9.59 Å². The average molecular weight is 344 g/mol. The predicted molar refractivity (Wildman–Crippen MR) is 94.6 cm³/mol. The molecule has 24 heavy (non-hydrogen) atoms. The summed E-state index contributed by atoms with van der Waals surface area (Å²) < 4.78 is 14.3. The normalized spacial score (nSPS) is 17.2. The summed E-state index contributed by atoms with van der Waals surface area (Å²) in [6.45, 7) is 3.30. The van der Waals surface area contributed by atoms with E-state index in [9.17, 15) is 14.0 Å². The standard InChI is InChI=1S/C18H17FN2O2S/c1-11-6-7-15(19)16(8-11)21-17(23)10-24-18(21)13-4-3-5-14(9-13)20-12(2)22/h3-9,18H,10H2,1-2H3,(H,20,22). The van der Waals surface area contributed by atoms with Crippen molar-refractivity contribution < 1.29 is 14.0 Å². The molecule has 2 aromatic rings. The van der Waals surface area contributed by atoms with Crippen LogP contribution in [0.3, 0.4) is 0 Å². The number of anilines is 2. The minimum Gasteiger partial charge on any atom is -0.326 e. The summed E-state index contributed by atoms with van der Waals surface area (Å²) in [4.78, 5) is 25.1. The molecule has 6 heteroatoms. The lowest BCUT2D eigenvalue weighted by atomic mass is 10.1. The van der Waals surface area contributed by atoms with Crippen molar-refractivity contribution in [3.63, 3.8) is 0 Å². The molecule has 0 aromatic heterocycles. The quantitative estimate of drug-likeness (QED) is 0.919. The number of aryl methyl sites for hydroxylation is 1. The maximum absolute atomic E-state index is 14.3. The first-order valence-electron chi connectivity index (χ1n) is 7.53. The van der Waals surface area contributed by atoms with Gasteiger partial charge in [0.2, 0.25) is 11.8 Å². The van der Waals surface area contributed by atoms with Gasteiger partial charge in [0, 0.05) is 12.6 Å². The number of amides is 2. The van der Waals surface area contributed by atoms with Crippen molar-refractivity contribution in [2.45, 2.75) is 19.2 Å². The summed E-state index contributed by atoms with van der Waals surface area (Å²) in [5, 5.41) is 2.41. The third kappa shape index (κ3) is 3.28. The van der Waals surface area contributed by atoms with Crippen molar-refractivity contribution in [1.82, 2.24) is 0 Å². The van der Waals surface area contributed by atoms with Crippen molar-refractivity contribution in [2.24, 2.45) is 0 Å². The van der Waals surface area contributed by atoms with Crippen LogP contribution in [0.25, 0.3) is 0 Å². The molecule has 124 valence electrons. The van der Waals surface area contributed by atoms with Crippen LogP contribution in [0.15, 0.2) is 42.5 Å². The second-order valence-corrected chi connectivity index (χ2v) is 6.76. The van der Waals surface area contributed by atoms with E-state index in [0.717, 1.165) is 11.1 Å². The first kappa shape index (κ1) is 16.5. The van der Waals surface area contributed by atoms with Gasteiger partial charge in [-0.1, -0.05) is 18.2 Å². The summed E-state index contributed by atoms with van der Waals surface area (Å²) >= 11 is 1.45. The molecule has 1 atom stereocenters. The van der Waals surface area contributed by atoms with E-state index in [1.165, 1.54) is 29.7 Å². The Labute approximate surface area is 144 Å². The zero-order chi connectivity index (χ0) is 17.3. The zero-order valence-electron chi connectivity index (χ0n) is 13.4. The number of carbonyl (C=O) groups excluding carboxylic acids is 2. The van der Waals surface area contributed by atoms with Gasteiger partial charge in [0.25, 0.3) is 0 Å². The van der Waals surface area contributed by atoms with E-state index >= 15 is 0 Å². The Morgan fingerprint density at radius 1 is 1.29 bits per heavy atom. The minimum absolute atomic E-state index is 0.126. The second-order valence-electron chi connectivity index (χ2n) is 5.69. The molecule has 1 N–H and O–H groups in total. The average Bonchev–Trinajstić information content (AvgIpc) is 2.91. The van der Waals surface area contributed by atoms with E-state index < -0.39 is 5.82 Å². The molecule has 2 amide bonds. The lowest BCUT2D eigenvalue weighted by Gasteiger charge is -2.25. The van der Waals surface area contributed by atoms with Crippen LogP contribution in [0.1, 0.15) is 23.4 Å². The molecule has 1 aliphatic heterocycles. The van der Waals surface area contributed by atoms with Crippen molar-refractivity contribution >= 4 is 35.0 Å². The van der Waals surface area contributed by atoms with Crippen LogP contribution in [0.4, 0.5) is 15.8 Å². The van der Waals surface area contributed by atoms with Crippen LogP contribution in [-0.4, -0.2) is 17.6 Å². The van der Waals surface area contributed by atoms with Crippen LogP contribution in [0.2, 0.25) is 0 Å². The van der Waals surface area contributed by atoms with E-state index in [1.807, 2.05) is 25.1 Å². The van der Waals surface area contributed by atoms with Gasteiger partial charge in [-0.15, -0.1) is 11.8 Å². The van der Waals surface area contributed by atoms with Crippen molar-refractivity contribution in [1.29, 1.82) is 0 Å². The molecule has 1 fully saturated rings. The van der Waals surface area contributed by atoms with Crippen molar-refractivity contribution in [2.75, 3.05) is 16.0 Å². The molecule has 0 spiro atoms. The van der Waals surface area contributed by atoms with Gasteiger partial charge in [0.15, 0.2) is 0 Å². The van der Waals surface area contributed by atoms with E-state index in [4.69, 9.17) is 0 Å². The molecular formula is C18H17FN2O2S. The first-order chi connectivity index (χ1) is 11.5. The molecule has 0 bridgehead atoms. The Balaban J connectivity index is 1.99. The molecule has 4 nitrogen and oxygen atoms in total. The molecular weight excluding hydrogens is 327 g/mol. The summed E-state index contributed by atoms with van der Waals surface area (Å²) in [6, 6.07) is 12.0. The Hall–Kier alpha value is -2.34. The molecule has 1 unspecified atom stereocenters. The Kier molecular flexibility index (Phi) is 4.57. The number of benzene rings is 2. The van der Waals surface area contributed by atoms with Crippen molar-refractivity contribution in [3.8, 4) is 0 Å². The van der Waals surface area contributed by atoms with Gasteiger partial charge in [0.1, 0.15) is 11.2 Å². The van der Waals surface area contributed by atoms with Gasteiger partial charge in [0.05, 0.1) is 11.4 Å². The summed E-state index contributed by atoms with van der Waals surface area (Å²) in [5.74, 6) is -0.412. The highest BCUT2D eigenvalue weighted by Crippen LogP contribution is 2.43. The lowest BCUT2D eigenvalue weighted by molar-refractivity contribution is -0.116. The summed E-state index contributed by atoms with van der Waals surface area (Å²) in [7, 11) is 0. The Morgan fingerprint density at radius 3 is 2.83 bits per heavy atom. The van der Waals surface area contributed by atoms with Gasteiger partial charge < -0.3 is 5.32 Å². The zero-order valence-corrected chi connectivity index (χ0v) is 14.2. The number of hydrogen-bond donors (Lipinski definition) is 1. The fourth-order valence-electron chi connectivity index (χ4n) is 2.71. The van der Waals surface area contributed by atoms with Gasteiger partial charge in [-0.2, -0.15) is 0 Å². The van der Waals surface area contributed by atoms with E-state index in [2.05, 4.69) is 5.32 Å².